The first-order valence-corrected chi connectivity index (χ1v) is 10.8. The molecule has 0 aliphatic carbocycles. The molecule has 2 aromatic carbocycles. The number of ether oxygens (including phenoxy) is 2. The summed E-state index contributed by atoms with van der Waals surface area (Å²) in [5, 5.41) is 3.43. The van der Waals surface area contributed by atoms with Crippen LogP contribution >= 0.6 is 0 Å². The maximum Gasteiger partial charge on any atom is 0.231 e. The fraction of sp³-hybridized carbons (Fsp3) is 0.480. The molecule has 2 heterocycles. The maximum atomic E-state index is 13.8. The van der Waals surface area contributed by atoms with Crippen LogP contribution in [0.2, 0.25) is 0 Å². The summed E-state index contributed by atoms with van der Waals surface area (Å²) in [5.74, 6) is 1.00. The molecule has 1 saturated heterocycles. The summed E-state index contributed by atoms with van der Waals surface area (Å²) in [4.78, 5) is 13.8. The van der Waals surface area contributed by atoms with Crippen molar-refractivity contribution >= 4 is 5.91 Å². The van der Waals surface area contributed by atoms with Crippen LogP contribution in [0.3, 0.4) is 0 Å². The number of rotatable bonds is 5. The number of nitrogens with one attached hydrogen (secondary N) is 1. The molecule has 1 amide bonds. The lowest BCUT2D eigenvalue weighted by atomic mass is 9.73. The zero-order chi connectivity index (χ0) is 20.3. The van der Waals surface area contributed by atoms with E-state index in [0.29, 0.717) is 26.1 Å². The van der Waals surface area contributed by atoms with Gasteiger partial charge in [-0.05, 0) is 37.3 Å². The molecule has 4 nitrogen and oxygen atoms in total. The third-order valence-electron chi connectivity index (χ3n) is 6.90. The van der Waals surface area contributed by atoms with Crippen molar-refractivity contribution < 1.29 is 14.3 Å². The number of hydrogen-bond acceptors (Lipinski definition) is 3. The van der Waals surface area contributed by atoms with Gasteiger partial charge in [0, 0.05) is 25.2 Å². The highest BCUT2D eigenvalue weighted by atomic mass is 16.5. The Balaban J connectivity index is 1.67. The summed E-state index contributed by atoms with van der Waals surface area (Å²) in [6.45, 7) is 5.56. The third kappa shape index (κ3) is 3.66. The summed E-state index contributed by atoms with van der Waals surface area (Å²) in [6, 6.07) is 18.3. The van der Waals surface area contributed by atoms with E-state index in [1.165, 1.54) is 0 Å². The Kier molecular flexibility index (Phi) is 5.64. The maximum absolute atomic E-state index is 13.8. The second kappa shape index (κ2) is 8.19. The van der Waals surface area contributed by atoms with E-state index in [1.807, 2.05) is 36.4 Å². The summed E-state index contributed by atoms with van der Waals surface area (Å²) in [6.07, 6.45) is 4.05. The fourth-order valence-electron chi connectivity index (χ4n) is 4.85. The van der Waals surface area contributed by atoms with Crippen molar-refractivity contribution in [2.45, 2.75) is 63.0 Å². The molecular formula is C25H31NO3. The summed E-state index contributed by atoms with van der Waals surface area (Å²) in [5.41, 5.74) is 1.39. The number of carbonyl (C=O) groups is 1. The van der Waals surface area contributed by atoms with Gasteiger partial charge in [0.25, 0.3) is 0 Å². The summed E-state index contributed by atoms with van der Waals surface area (Å²) >= 11 is 0. The predicted molar refractivity (Wildman–Crippen MR) is 114 cm³/mol. The highest BCUT2D eigenvalue weighted by Gasteiger charge is 2.45. The first kappa shape index (κ1) is 20.0. The van der Waals surface area contributed by atoms with Crippen LogP contribution in [-0.2, 0) is 14.9 Å². The van der Waals surface area contributed by atoms with E-state index in [2.05, 4.69) is 37.4 Å². The number of amides is 1. The van der Waals surface area contributed by atoms with Crippen molar-refractivity contribution in [3.05, 3.63) is 65.7 Å². The smallest absolute Gasteiger partial charge is 0.231 e. The van der Waals surface area contributed by atoms with Gasteiger partial charge in [0.15, 0.2) is 0 Å². The van der Waals surface area contributed by atoms with Crippen molar-refractivity contribution in [2.24, 2.45) is 0 Å². The lowest BCUT2D eigenvalue weighted by Crippen LogP contribution is -2.51. The average Bonchev–Trinajstić information content (AvgIpc) is 2.80. The highest BCUT2D eigenvalue weighted by Crippen LogP contribution is 2.44. The van der Waals surface area contributed by atoms with E-state index >= 15 is 0 Å². The van der Waals surface area contributed by atoms with Crippen LogP contribution < -0.4 is 10.1 Å². The van der Waals surface area contributed by atoms with Crippen molar-refractivity contribution in [2.75, 3.05) is 13.2 Å². The number of hydrogen-bond donors (Lipinski definition) is 1. The minimum Gasteiger partial charge on any atom is -0.487 e. The summed E-state index contributed by atoms with van der Waals surface area (Å²) < 4.78 is 12.0. The molecule has 29 heavy (non-hydrogen) atoms. The Morgan fingerprint density at radius 2 is 1.66 bits per heavy atom. The Labute approximate surface area is 173 Å². The van der Waals surface area contributed by atoms with Crippen molar-refractivity contribution in [1.82, 2.24) is 5.32 Å². The largest absolute Gasteiger partial charge is 0.487 e. The molecule has 1 atom stereocenters. The topological polar surface area (TPSA) is 47.6 Å². The molecule has 2 aliphatic heterocycles. The van der Waals surface area contributed by atoms with Crippen LogP contribution in [0.25, 0.3) is 0 Å². The van der Waals surface area contributed by atoms with Crippen molar-refractivity contribution in [3.63, 3.8) is 0 Å². The minimum absolute atomic E-state index is 0.0456. The van der Waals surface area contributed by atoms with Crippen LogP contribution in [0, 0.1) is 0 Å². The van der Waals surface area contributed by atoms with Gasteiger partial charge in [-0.2, -0.15) is 0 Å². The standard InChI is InChI=1S/C25H31NO3/c1-3-24(4-2)18-21(20-12-8-9-13-22(20)29-24)26-23(27)25(14-16-28-17-15-25)19-10-6-5-7-11-19/h5-13,21H,3-4,14-18H2,1-2H3,(H,26,27)/t21-/m0/s1. The van der Waals surface area contributed by atoms with Crippen LogP contribution in [0.15, 0.2) is 54.6 Å². The zero-order valence-electron chi connectivity index (χ0n) is 17.4. The molecule has 2 aliphatic rings. The van der Waals surface area contributed by atoms with Crippen LogP contribution in [0.1, 0.15) is 63.1 Å². The third-order valence-corrected chi connectivity index (χ3v) is 6.90. The van der Waals surface area contributed by atoms with Gasteiger partial charge in [-0.25, -0.2) is 0 Å². The Morgan fingerprint density at radius 3 is 2.34 bits per heavy atom. The monoisotopic (exact) mass is 393 g/mol. The zero-order valence-corrected chi connectivity index (χ0v) is 17.4. The number of benzene rings is 2. The molecule has 154 valence electrons. The first-order chi connectivity index (χ1) is 14.1. The number of fused-ring (bicyclic) bond motifs is 1. The lowest BCUT2D eigenvalue weighted by molar-refractivity contribution is -0.132. The van der Waals surface area contributed by atoms with Crippen LogP contribution in [-0.4, -0.2) is 24.7 Å². The molecular weight excluding hydrogens is 362 g/mol. The van der Waals surface area contributed by atoms with E-state index in [-0.39, 0.29) is 17.6 Å². The molecule has 4 rings (SSSR count). The Hall–Kier alpha value is -2.33. The van der Waals surface area contributed by atoms with Gasteiger partial charge in [-0.15, -0.1) is 0 Å². The number of carbonyl (C=O) groups excluding carboxylic acids is 1. The Bertz CT molecular complexity index is 838. The predicted octanol–water partition coefficient (Wildman–Crippen LogP) is 4.93. The molecule has 0 spiro atoms. The molecule has 0 unspecified atom stereocenters. The molecule has 1 N–H and O–H groups in total. The molecule has 4 heteroatoms. The van der Waals surface area contributed by atoms with Gasteiger partial charge in [0.2, 0.25) is 5.91 Å². The summed E-state index contributed by atoms with van der Waals surface area (Å²) in [7, 11) is 0. The average molecular weight is 394 g/mol. The lowest BCUT2D eigenvalue weighted by Gasteiger charge is -2.43. The quantitative estimate of drug-likeness (QED) is 0.783. The van der Waals surface area contributed by atoms with Crippen molar-refractivity contribution in [3.8, 4) is 5.75 Å². The highest BCUT2D eigenvalue weighted by molar-refractivity contribution is 5.88. The van der Waals surface area contributed by atoms with Crippen molar-refractivity contribution in [1.29, 1.82) is 0 Å². The van der Waals surface area contributed by atoms with E-state index in [1.54, 1.807) is 0 Å². The van der Waals surface area contributed by atoms with Gasteiger partial charge in [0.1, 0.15) is 11.4 Å². The second-order valence-corrected chi connectivity index (χ2v) is 8.32. The van der Waals surface area contributed by atoms with Crippen LogP contribution in [0.4, 0.5) is 0 Å². The van der Waals surface area contributed by atoms with Gasteiger partial charge in [-0.1, -0.05) is 62.4 Å². The molecule has 0 aromatic heterocycles. The van der Waals surface area contributed by atoms with Gasteiger partial charge in [0.05, 0.1) is 11.5 Å². The van der Waals surface area contributed by atoms with Crippen LogP contribution in [0.5, 0.6) is 5.75 Å². The minimum atomic E-state index is -0.534. The molecule has 0 bridgehead atoms. The second-order valence-electron chi connectivity index (χ2n) is 8.32. The van der Waals surface area contributed by atoms with Gasteiger partial charge >= 0.3 is 0 Å². The molecule has 0 radical (unpaired) electrons. The fourth-order valence-corrected chi connectivity index (χ4v) is 4.85. The van der Waals surface area contributed by atoms with Gasteiger partial charge in [-0.3, -0.25) is 4.79 Å². The molecule has 1 fully saturated rings. The van der Waals surface area contributed by atoms with E-state index in [4.69, 9.17) is 9.47 Å². The van der Waals surface area contributed by atoms with E-state index in [9.17, 15) is 4.79 Å². The Morgan fingerprint density at radius 1 is 1.00 bits per heavy atom. The molecule has 0 saturated carbocycles. The SMILES string of the molecule is CCC1(CC)C[C@H](NC(=O)C2(c3ccccc3)CCOCC2)c2ccccc2O1. The molecule has 2 aromatic rings. The van der Waals surface area contributed by atoms with E-state index < -0.39 is 5.41 Å². The van der Waals surface area contributed by atoms with E-state index in [0.717, 1.165) is 36.1 Å². The number of para-hydroxylation sites is 1. The van der Waals surface area contributed by atoms with Gasteiger partial charge < -0.3 is 14.8 Å². The normalized spacial score (nSPS) is 22.2. The first-order valence-electron chi connectivity index (χ1n) is 10.8.